The van der Waals surface area contributed by atoms with Gasteiger partial charge in [-0.2, -0.15) is 0 Å². The molecule has 56 heavy (non-hydrogen) atoms. The van der Waals surface area contributed by atoms with Crippen molar-refractivity contribution in [1.29, 1.82) is 0 Å². The molecule has 2 fully saturated rings. The summed E-state index contributed by atoms with van der Waals surface area (Å²) in [6.45, 7) is 10.6. The van der Waals surface area contributed by atoms with Gasteiger partial charge in [-0.25, -0.2) is 0 Å². The van der Waals surface area contributed by atoms with Gasteiger partial charge in [0.1, 0.15) is 0 Å². The Labute approximate surface area is 339 Å². The second-order valence-electron chi connectivity index (χ2n) is 16.6. The van der Waals surface area contributed by atoms with Crippen LogP contribution in [0.3, 0.4) is 0 Å². The molecule has 3 atom stereocenters. The molecule has 4 aromatic carbocycles. The van der Waals surface area contributed by atoms with Crippen molar-refractivity contribution in [2.75, 3.05) is 0 Å². The molecule has 1 unspecified atom stereocenters. The normalized spacial score (nSPS) is 22.0. The fourth-order valence-electron chi connectivity index (χ4n) is 9.37. The molecule has 0 spiro atoms. The SMILES string of the molecule is CCC[CH2][Sn]([CH2]CCC)([CH2]CCC)[CH2]C1CCC(=O)OC(c2ccccc2)(c2ccccc2)[C@@H]2OC(C)(C)O[C@H]2C(c2ccccc2)(c2ccccc2)OC1=O. The van der Waals surface area contributed by atoms with E-state index in [-0.39, 0.29) is 18.4 Å². The molecule has 0 radical (unpaired) electrons. The zero-order valence-corrected chi connectivity index (χ0v) is 37.1. The minimum atomic E-state index is -2.98. The van der Waals surface area contributed by atoms with Gasteiger partial charge in [0, 0.05) is 0 Å². The first kappa shape index (κ1) is 42.2. The molecule has 2 aliphatic heterocycles. The molecular weight excluding hydrogens is 803 g/mol. The molecule has 4 aromatic rings. The third-order valence-corrected chi connectivity index (χ3v) is 28.1. The van der Waals surface area contributed by atoms with Crippen LogP contribution in [0.2, 0.25) is 17.7 Å². The van der Waals surface area contributed by atoms with Gasteiger partial charge in [0.2, 0.25) is 0 Å². The molecule has 2 aliphatic rings. The summed E-state index contributed by atoms with van der Waals surface area (Å²) in [4.78, 5) is 30.2. The molecule has 298 valence electrons. The van der Waals surface area contributed by atoms with Crippen molar-refractivity contribution in [2.45, 2.75) is 133 Å². The molecule has 0 saturated carbocycles. The quantitative estimate of drug-likeness (QED) is 0.0876. The molecule has 6 nitrogen and oxygen atoms in total. The van der Waals surface area contributed by atoms with Gasteiger partial charge in [-0.05, 0) is 0 Å². The first-order valence-corrected chi connectivity index (χ1v) is 29.2. The fraction of sp³-hybridized carbons (Fsp3) is 0.469. The van der Waals surface area contributed by atoms with Gasteiger partial charge in [-0.1, -0.05) is 0 Å². The van der Waals surface area contributed by atoms with Gasteiger partial charge in [0.15, 0.2) is 0 Å². The zero-order valence-electron chi connectivity index (χ0n) is 34.2. The fourth-order valence-corrected chi connectivity index (χ4v) is 26.7. The van der Waals surface area contributed by atoms with Crippen LogP contribution in [-0.2, 0) is 39.7 Å². The minimum absolute atomic E-state index is 0.0871. The van der Waals surface area contributed by atoms with E-state index in [1.165, 1.54) is 32.6 Å². The predicted octanol–water partition coefficient (Wildman–Crippen LogP) is 11.7. The van der Waals surface area contributed by atoms with Crippen LogP contribution < -0.4 is 0 Å². The van der Waals surface area contributed by atoms with Crippen molar-refractivity contribution in [3.8, 4) is 0 Å². The number of carbonyl (C=O) groups excluding carboxylic acids is 2. The molecule has 6 rings (SSSR count). The summed E-state index contributed by atoms with van der Waals surface area (Å²) in [5, 5.41) is 0. The topological polar surface area (TPSA) is 71.1 Å². The third kappa shape index (κ3) is 8.98. The van der Waals surface area contributed by atoms with Crippen molar-refractivity contribution in [3.63, 3.8) is 0 Å². The maximum absolute atomic E-state index is 15.5. The van der Waals surface area contributed by atoms with Crippen LogP contribution >= 0.6 is 0 Å². The summed E-state index contributed by atoms with van der Waals surface area (Å²) >= 11 is -2.98. The van der Waals surface area contributed by atoms with Gasteiger partial charge in [0.25, 0.3) is 0 Å². The van der Waals surface area contributed by atoms with Gasteiger partial charge in [-0.3, -0.25) is 0 Å². The number of hydrogen-bond donors (Lipinski definition) is 0. The van der Waals surface area contributed by atoms with Gasteiger partial charge in [0.05, 0.1) is 0 Å². The van der Waals surface area contributed by atoms with Crippen molar-refractivity contribution in [1.82, 2.24) is 0 Å². The standard InChI is InChI=1S/C37H35O6.3C4H9.Sn/c1-26-24-25-31(38)40-36(27-16-8-4-9-17-27,28-18-10-5-11-19-28)32-33(42-35(2,3)41-32)37(43-34(26)39,29-20-12-6-13-21-29)30-22-14-7-15-23-30;3*1-3-4-2;/h4-23,26,32-33H,1,24-25H2,2-3H3;3*1,3-4H2,2H3;/t26?,32-,33-;;;;/m1..../s1. The molecule has 0 N–H and O–H groups in total. The van der Waals surface area contributed by atoms with Gasteiger partial charge < -0.3 is 0 Å². The number of carbonyl (C=O) groups is 2. The Hall–Kier alpha value is -3.46. The first-order valence-electron chi connectivity index (χ1n) is 21.2. The Morgan fingerprint density at radius 2 is 0.911 bits per heavy atom. The molecule has 0 aliphatic carbocycles. The van der Waals surface area contributed by atoms with Crippen LogP contribution in [0.1, 0.15) is 108 Å². The molecule has 0 aromatic heterocycles. The Morgan fingerprint density at radius 1 is 0.554 bits per heavy atom. The van der Waals surface area contributed by atoms with Crippen LogP contribution in [0.25, 0.3) is 0 Å². The summed E-state index contributed by atoms with van der Waals surface area (Å²) < 4.78 is 33.2. The first-order chi connectivity index (χ1) is 27.1. The van der Waals surface area contributed by atoms with Crippen molar-refractivity contribution >= 4 is 30.3 Å². The van der Waals surface area contributed by atoms with Crippen molar-refractivity contribution in [2.24, 2.45) is 5.92 Å². The number of hydrogen-bond acceptors (Lipinski definition) is 6. The van der Waals surface area contributed by atoms with Crippen LogP contribution in [-0.4, -0.2) is 48.3 Å². The second kappa shape index (κ2) is 18.9. The number of unbranched alkanes of at least 4 members (excludes halogenated alkanes) is 3. The van der Waals surface area contributed by atoms with E-state index in [4.69, 9.17) is 18.9 Å². The van der Waals surface area contributed by atoms with E-state index in [0.29, 0.717) is 6.42 Å². The van der Waals surface area contributed by atoms with Crippen LogP contribution in [0, 0.1) is 5.92 Å². The van der Waals surface area contributed by atoms with E-state index >= 15 is 4.79 Å². The van der Waals surface area contributed by atoms with E-state index in [0.717, 1.165) is 46.0 Å². The summed E-state index contributed by atoms with van der Waals surface area (Å²) in [5.41, 5.74) is 0.103. The average molecular weight is 866 g/mol. The van der Waals surface area contributed by atoms with E-state index < -0.39 is 53.5 Å². The van der Waals surface area contributed by atoms with E-state index in [1.807, 2.05) is 135 Å². The number of cyclic esters (lactones) is 2. The van der Waals surface area contributed by atoms with Crippen LogP contribution in [0.5, 0.6) is 0 Å². The van der Waals surface area contributed by atoms with Gasteiger partial charge >= 0.3 is 341 Å². The molecule has 0 bridgehead atoms. The summed E-state index contributed by atoms with van der Waals surface area (Å²) in [6, 6.07) is 39.7. The number of benzene rings is 4. The Morgan fingerprint density at radius 3 is 1.27 bits per heavy atom. The molecule has 7 heteroatoms. The van der Waals surface area contributed by atoms with E-state index in [2.05, 4.69) is 20.8 Å². The Bertz CT molecular complexity index is 1730. The number of ether oxygens (including phenoxy) is 4. The molecular formula is C49H62O6Sn. The monoisotopic (exact) mass is 866 g/mol. The average Bonchev–Trinajstić information content (AvgIpc) is 3.56. The van der Waals surface area contributed by atoms with Crippen LogP contribution in [0.15, 0.2) is 121 Å². The van der Waals surface area contributed by atoms with Crippen LogP contribution in [0.4, 0.5) is 0 Å². The van der Waals surface area contributed by atoms with E-state index in [9.17, 15) is 4.79 Å². The Balaban J connectivity index is 1.64. The number of rotatable bonds is 15. The van der Waals surface area contributed by atoms with Crippen molar-refractivity contribution < 1.29 is 28.5 Å². The molecule has 2 saturated heterocycles. The molecule has 2 heterocycles. The number of esters is 2. The Kier molecular flexibility index (Phi) is 14.2. The van der Waals surface area contributed by atoms with Crippen molar-refractivity contribution in [3.05, 3.63) is 144 Å². The predicted molar refractivity (Wildman–Crippen MR) is 226 cm³/mol. The summed E-state index contributed by atoms with van der Waals surface area (Å²) in [6.07, 6.45) is 5.53. The summed E-state index contributed by atoms with van der Waals surface area (Å²) in [5.74, 6) is -2.24. The van der Waals surface area contributed by atoms with Gasteiger partial charge in [-0.15, -0.1) is 0 Å². The number of fused-ring (bicyclic) bond motifs is 1. The van der Waals surface area contributed by atoms with E-state index in [1.54, 1.807) is 0 Å². The maximum atomic E-state index is 15.5. The zero-order chi connectivity index (χ0) is 39.7. The second-order valence-corrected chi connectivity index (χ2v) is 30.6. The third-order valence-electron chi connectivity index (χ3n) is 12.1. The molecule has 0 amide bonds. The summed E-state index contributed by atoms with van der Waals surface area (Å²) in [7, 11) is 0.